The highest BCUT2D eigenvalue weighted by atomic mass is 16.6. The molecule has 0 atom stereocenters. The van der Waals surface area contributed by atoms with Crippen LogP contribution in [0.15, 0.2) is 24.3 Å². The predicted molar refractivity (Wildman–Crippen MR) is 112 cm³/mol. The molecule has 0 spiro atoms. The SMILES string of the molecule is COc1cc(CCc2cc(OC)c(OCCOCCO)c(OC)c2)cc(OC)c1O. The van der Waals surface area contributed by atoms with Crippen molar-refractivity contribution in [1.82, 2.24) is 0 Å². The van der Waals surface area contributed by atoms with E-state index in [9.17, 15) is 5.11 Å². The Morgan fingerprint density at radius 2 is 1.13 bits per heavy atom. The number of phenols is 1. The van der Waals surface area contributed by atoms with Crippen LogP contribution in [0.25, 0.3) is 0 Å². The van der Waals surface area contributed by atoms with Gasteiger partial charge in [0.1, 0.15) is 6.61 Å². The molecule has 0 aliphatic carbocycles. The van der Waals surface area contributed by atoms with Crippen molar-refractivity contribution in [3.05, 3.63) is 35.4 Å². The third kappa shape index (κ3) is 6.08. The van der Waals surface area contributed by atoms with Gasteiger partial charge in [-0.1, -0.05) is 0 Å². The van der Waals surface area contributed by atoms with E-state index in [1.54, 1.807) is 26.4 Å². The van der Waals surface area contributed by atoms with Crippen molar-refractivity contribution in [2.45, 2.75) is 12.8 Å². The molecule has 0 aromatic heterocycles. The van der Waals surface area contributed by atoms with Gasteiger partial charge in [-0.25, -0.2) is 0 Å². The predicted octanol–water partition coefficient (Wildman–Crippen LogP) is 2.60. The van der Waals surface area contributed by atoms with Crippen molar-refractivity contribution >= 4 is 0 Å². The Bertz CT molecular complexity index is 756. The number of phenolic OH excluding ortho intramolecular Hbond substituents is 1. The second-order valence-corrected chi connectivity index (χ2v) is 6.36. The maximum atomic E-state index is 10.1. The van der Waals surface area contributed by atoms with Crippen LogP contribution in [-0.4, -0.2) is 65.1 Å². The molecule has 0 fully saturated rings. The van der Waals surface area contributed by atoms with Crippen LogP contribution < -0.4 is 23.7 Å². The fraction of sp³-hybridized carbons (Fsp3) is 0.455. The van der Waals surface area contributed by atoms with Crippen LogP contribution in [0, 0.1) is 0 Å². The number of rotatable bonds is 13. The molecular formula is C22H30O8. The fourth-order valence-corrected chi connectivity index (χ4v) is 2.97. The maximum Gasteiger partial charge on any atom is 0.203 e. The van der Waals surface area contributed by atoms with E-state index in [2.05, 4.69) is 0 Å². The van der Waals surface area contributed by atoms with Gasteiger partial charge in [-0.2, -0.15) is 0 Å². The lowest BCUT2D eigenvalue weighted by Crippen LogP contribution is -2.10. The van der Waals surface area contributed by atoms with E-state index in [0.29, 0.717) is 54.8 Å². The molecule has 0 bridgehead atoms. The average Bonchev–Trinajstić information content (AvgIpc) is 2.78. The molecule has 0 unspecified atom stereocenters. The Hall–Kier alpha value is -2.84. The average molecular weight is 422 g/mol. The molecular weight excluding hydrogens is 392 g/mol. The number of benzene rings is 2. The van der Waals surface area contributed by atoms with E-state index >= 15 is 0 Å². The second-order valence-electron chi connectivity index (χ2n) is 6.36. The molecule has 2 aromatic carbocycles. The molecule has 8 heteroatoms. The normalized spacial score (nSPS) is 10.6. The van der Waals surface area contributed by atoms with Crippen molar-refractivity contribution in [3.8, 4) is 34.5 Å². The number of aromatic hydroxyl groups is 1. The summed E-state index contributed by atoms with van der Waals surface area (Å²) in [4.78, 5) is 0. The van der Waals surface area contributed by atoms with Crippen molar-refractivity contribution in [2.75, 3.05) is 54.9 Å². The topological polar surface area (TPSA) is 95.8 Å². The molecule has 0 heterocycles. The lowest BCUT2D eigenvalue weighted by atomic mass is 10.0. The van der Waals surface area contributed by atoms with Crippen molar-refractivity contribution in [2.24, 2.45) is 0 Å². The summed E-state index contributed by atoms with van der Waals surface area (Å²) in [6.45, 7) is 0.891. The standard InChI is InChI=1S/C22H30O8/c1-25-17-11-15(12-18(26-2)21(17)24)5-6-16-13-19(27-3)22(20(14-16)28-4)30-10-9-29-8-7-23/h11-14,23-24H,5-10H2,1-4H3. The summed E-state index contributed by atoms with van der Waals surface area (Å²) in [5.74, 6) is 2.35. The summed E-state index contributed by atoms with van der Waals surface area (Å²) in [5, 5.41) is 18.8. The zero-order valence-corrected chi connectivity index (χ0v) is 17.9. The van der Waals surface area contributed by atoms with Gasteiger partial charge in [0.15, 0.2) is 23.0 Å². The molecule has 0 radical (unpaired) electrons. The first kappa shape index (κ1) is 23.4. The Labute approximate surface area is 176 Å². The zero-order chi connectivity index (χ0) is 21.9. The van der Waals surface area contributed by atoms with E-state index < -0.39 is 0 Å². The van der Waals surface area contributed by atoms with E-state index in [-0.39, 0.29) is 19.0 Å². The highest BCUT2D eigenvalue weighted by Gasteiger charge is 2.16. The zero-order valence-electron chi connectivity index (χ0n) is 17.9. The third-order valence-electron chi connectivity index (χ3n) is 4.47. The number of aliphatic hydroxyl groups excluding tert-OH is 1. The molecule has 2 rings (SSSR count). The first-order valence-corrected chi connectivity index (χ1v) is 9.58. The number of methoxy groups -OCH3 is 4. The molecule has 30 heavy (non-hydrogen) atoms. The first-order valence-electron chi connectivity index (χ1n) is 9.58. The molecule has 8 nitrogen and oxygen atoms in total. The van der Waals surface area contributed by atoms with E-state index in [4.69, 9.17) is 33.5 Å². The molecule has 0 amide bonds. The lowest BCUT2D eigenvalue weighted by molar-refractivity contribution is 0.0692. The van der Waals surface area contributed by atoms with Gasteiger partial charge in [0.2, 0.25) is 11.5 Å². The van der Waals surface area contributed by atoms with Crippen LogP contribution >= 0.6 is 0 Å². The number of hydrogen-bond donors (Lipinski definition) is 2. The van der Waals surface area contributed by atoms with Gasteiger partial charge in [0.05, 0.1) is 48.3 Å². The molecule has 0 saturated carbocycles. The van der Waals surface area contributed by atoms with Gasteiger partial charge in [-0.05, 0) is 48.2 Å². The summed E-state index contributed by atoms with van der Waals surface area (Å²) in [6.07, 6.45) is 1.39. The number of aliphatic hydroxyl groups is 1. The minimum absolute atomic E-state index is 0.0171. The summed E-state index contributed by atoms with van der Waals surface area (Å²) < 4.78 is 32.4. The van der Waals surface area contributed by atoms with Crippen molar-refractivity contribution in [1.29, 1.82) is 0 Å². The van der Waals surface area contributed by atoms with Gasteiger partial charge in [0.25, 0.3) is 0 Å². The van der Waals surface area contributed by atoms with Gasteiger partial charge in [-0.15, -0.1) is 0 Å². The number of ether oxygens (including phenoxy) is 6. The smallest absolute Gasteiger partial charge is 0.203 e. The third-order valence-corrected chi connectivity index (χ3v) is 4.47. The quantitative estimate of drug-likeness (QED) is 0.476. The van der Waals surface area contributed by atoms with Gasteiger partial charge >= 0.3 is 0 Å². The number of aryl methyl sites for hydroxylation is 2. The van der Waals surface area contributed by atoms with Gasteiger partial charge < -0.3 is 38.6 Å². The lowest BCUT2D eigenvalue weighted by Gasteiger charge is -2.16. The van der Waals surface area contributed by atoms with E-state index in [0.717, 1.165) is 11.1 Å². The summed E-state index contributed by atoms with van der Waals surface area (Å²) in [7, 11) is 6.15. The Balaban J connectivity index is 2.15. The molecule has 0 aliphatic heterocycles. The van der Waals surface area contributed by atoms with Crippen LogP contribution in [0.5, 0.6) is 34.5 Å². The minimum atomic E-state index is -0.0277. The van der Waals surface area contributed by atoms with Crippen LogP contribution in [0.4, 0.5) is 0 Å². The monoisotopic (exact) mass is 422 g/mol. The maximum absolute atomic E-state index is 10.1. The Morgan fingerprint density at radius 1 is 0.667 bits per heavy atom. The van der Waals surface area contributed by atoms with Gasteiger partial charge in [0, 0.05) is 0 Å². The fourth-order valence-electron chi connectivity index (χ4n) is 2.97. The highest BCUT2D eigenvalue weighted by molar-refractivity contribution is 5.55. The molecule has 0 aliphatic rings. The Kier molecular flexibility index (Phi) is 9.37. The van der Waals surface area contributed by atoms with Crippen LogP contribution in [-0.2, 0) is 17.6 Å². The number of hydrogen-bond acceptors (Lipinski definition) is 8. The second kappa shape index (κ2) is 12.0. The molecule has 166 valence electrons. The van der Waals surface area contributed by atoms with Crippen molar-refractivity contribution in [3.63, 3.8) is 0 Å². The molecule has 2 aromatic rings. The van der Waals surface area contributed by atoms with Crippen LogP contribution in [0.3, 0.4) is 0 Å². The van der Waals surface area contributed by atoms with Crippen LogP contribution in [0.1, 0.15) is 11.1 Å². The summed E-state index contributed by atoms with van der Waals surface area (Å²) >= 11 is 0. The minimum Gasteiger partial charge on any atom is -0.502 e. The highest BCUT2D eigenvalue weighted by Crippen LogP contribution is 2.40. The van der Waals surface area contributed by atoms with E-state index in [1.807, 2.05) is 12.1 Å². The van der Waals surface area contributed by atoms with Crippen molar-refractivity contribution < 1.29 is 38.6 Å². The van der Waals surface area contributed by atoms with E-state index in [1.165, 1.54) is 14.2 Å². The van der Waals surface area contributed by atoms with Gasteiger partial charge in [-0.3, -0.25) is 0 Å². The summed E-state index contributed by atoms with van der Waals surface area (Å²) in [6, 6.07) is 7.38. The molecule has 2 N–H and O–H groups in total. The largest absolute Gasteiger partial charge is 0.502 e. The summed E-state index contributed by atoms with van der Waals surface area (Å²) in [5.41, 5.74) is 1.96. The Morgan fingerprint density at radius 3 is 1.57 bits per heavy atom. The van der Waals surface area contributed by atoms with Crippen LogP contribution in [0.2, 0.25) is 0 Å². The first-order chi connectivity index (χ1) is 14.6. The molecule has 0 saturated heterocycles.